The lowest BCUT2D eigenvalue weighted by molar-refractivity contribution is 0.0980. The Hall–Kier alpha value is -4.27. The van der Waals surface area contributed by atoms with Crippen LogP contribution in [0.25, 0.3) is 0 Å². The molecule has 0 fully saturated rings. The number of hydrogen-bond donors (Lipinski definition) is 2. The van der Waals surface area contributed by atoms with Crippen LogP contribution in [-0.2, 0) is 10.1 Å². The second-order valence-corrected chi connectivity index (χ2v) is 12.1. The van der Waals surface area contributed by atoms with Crippen molar-refractivity contribution in [2.24, 2.45) is 0 Å². The zero-order valence-corrected chi connectivity index (χ0v) is 24.9. The van der Waals surface area contributed by atoms with Gasteiger partial charge in [0.2, 0.25) is 0 Å². The Bertz CT molecular complexity index is 1920. The quantitative estimate of drug-likeness (QED) is 0.219. The fourth-order valence-electron chi connectivity index (χ4n) is 5.94. The molecule has 0 amide bonds. The molecule has 0 saturated heterocycles. The number of fused-ring (bicyclic) bond motifs is 2. The van der Waals surface area contributed by atoms with E-state index in [1.165, 1.54) is 5.56 Å². The van der Waals surface area contributed by atoms with Crippen molar-refractivity contribution in [2.75, 3.05) is 10.6 Å². The zero-order chi connectivity index (χ0) is 30.0. The molecule has 0 atom stereocenters. The number of hydrogen-bond acceptors (Lipinski definition) is 7. The van der Waals surface area contributed by atoms with Crippen LogP contribution in [0.15, 0.2) is 53.4 Å². The maximum Gasteiger partial charge on any atom is 0.198 e. The number of nitrogens with one attached hydrogen (secondary N) is 2. The highest BCUT2D eigenvalue weighted by Crippen LogP contribution is 2.40. The molecule has 210 valence electrons. The molecule has 2 N–H and O–H groups in total. The molecule has 0 aromatic heterocycles. The van der Waals surface area contributed by atoms with Crippen molar-refractivity contribution in [2.45, 2.75) is 53.4 Å². The molecule has 5 rings (SSSR count). The molecule has 0 radical (unpaired) electrons. The lowest BCUT2D eigenvalue weighted by Gasteiger charge is -2.25. The standard InChI is InChI=1S/C33H32N2O5S/c1-16-14-17(2)29(21(6)20(16)5)34-25-12-8-10-23-27(25)32(37)28-24(31(23)36)11-9-13-26(28)35-30-18(3)15-19(4)33(22(30)7)41(38,39)40/h8-15,34-35H,1-7H3,(H,38,39,40)/p-1. The predicted molar refractivity (Wildman–Crippen MR) is 160 cm³/mol. The maximum absolute atomic E-state index is 14.2. The van der Waals surface area contributed by atoms with Gasteiger partial charge in [0.1, 0.15) is 10.1 Å². The van der Waals surface area contributed by atoms with E-state index in [9.17, 15) is 22.6 Å². The SMILES string of the molecule is Cc1cc(C)c(Nc2cccc3c2C(=O)c2c(Nc4c(C)cc(C)c(S(=O)(=O)[O-])c4C)cccc2C3=O)c(C)c1C. The molecule has 0 heterocycles. The normalized spacial score (nSPS) is 12.7. The van der Waals surface area contributed by atoms with Gasteiger partial charge in [-0.05, 0) is 99.5 Å². The summed E-state index contributed by atoms with van der Waals surface area (Å²) in [6, 6.07) is 13.9. The molecule has 0 bridgehead atoms. The van der Waals surface area contributed by atoms with Crippen molar-refractivity contribution < 1.29 is 22.6 Å². The fourth-order valence-corrected chi connectivity index (χ4v) is 6.87. The molecule has 1 aliphatic rings. The minimum Gasteiger partial charge on any atom is -0.744 e. The van der Waals surface area contributed by atoms with Gasteiger partial charge in [-0.2, -0.15) is 0 Å². The first-order valence-electron chi connectivity index (χ1n) is 13.3. The molecule has 4 aromatic rings. The van der Waals surface area contributed by atoms with E-state index in [4.69, 9.17) is 0 Å². The van der Waals surface area contributed by atoms with E-state index in [0.717, 1.165) is 22.4 Å². The summed E-state index contributed by atoms with van der Waals surface area (Å²) < 4.78 is 36.1. The Morgan fingerprint density at radius 1 is 0.585 bits per heavy atom. The third-order valence-electron chi connectivity index (χ3n) is 8.10. The average Bonchev–Trinajstić information content (AvgIpc) is 2.89. The number of benzene rings is 4. The smallest absolute Gasteiger partial charge is 0.198 e. The molecule has 4 aromatic carbocycles. The largest absolute Gasteiger partial charge is 0.744 e. The van der Waals surface area contributed by atoms with Gasteiger partial charge in [0, 0.05) is 22.5 Å². The van der Waals surface area contributed by atoms with Crippen molar-refractivity contribution in [1.29, 1.82) is 0 Å². The molecule has 0 aliphatic heterocycles. The Kier molecular flexibility index (Phi) is 6.88. The van der Waals surface area contributed by atoms with Crippen LogP contribution in [0, 0.1) is 48.5 Å². The highest BCUT2D eigenvalue weighted by Gasteiger charge is 2.34. The van der Waals surface area contributed by atoms with Crippen LogP contribution in [-0.4, -0.2) is 24.5 Å². The summed E-state index contributed by atoms with van der Waals surface area (Å²) in [4.78, 5) is 27.7. The highest BCUT2D eigenvalue weighted by atomic mass is 32.2. The van der Waals surface area contributed by atoms with Crippen LogP contribution >= 0.6 is 0 Å². The summed E-state index contributed by atoms with van der Waals surface area (Å²) in [6.45, 7) is 13.1. The number of ketones is 2. The zero-order valence-electron chi connectivity index (χ0n) is 24.1. The van der Waals surface area contributed by atoms with Crippen LogP contribution < -0.4 is 10.6 Å². The van der Waals surface area contributed by atoms with Gasteiger partial charge in [-0.15, -0.1) is 0 Å². The van der Waals surface area contributed by atoms with E-state index < -0.39 is 10.1 Å². The Balaban J connectivity index is 1.66. The first-order chi connectivity index (χ1) is 19.2. The van der Waals surface area contributed by atoms with Gasteiger partial charge in [-0.3, -0.25) is 9.59 Å². The topological polar surface area (TPSA) is 115 Å². The van der Waals surface area contributed by atoms with Crippen LogP contribution in [0.3, 0.4) is 0 Å². The van der Waals surface area contributed by atoms with Gasteiger partial charge in [0.15, 0.2) is 11.6 Å². The van der Waals surface area contributed by atoms with E-state index >= 15 is 0 Å². The van der Waals surface area contributed by atoms with Crippen molar-refractivity contribution in [3.05, 3.63) is 110 Å². The summed E-state index contributed by atoms with van der Waals surface area (Å²) in [5, 5.41) is 6.64. The van der Waals surface area contributed by atoms with Crippen LogP contribution in [0.5, 0.6) is 0 Å². The minimum absolute atomic E-state index is 0.193. The molecular weight excluding hydrogens is 536 g/mol. The van der Waals surface area contributed by atoms with Crippen molar-refractivity contribution >= 4 is 44.4 Å². The van der Waals surface area contributed by atoms with Gasteiger partial charge >= 0.3 is 0 Å². The molecule has 41 heavy (non-hydrogen) atoms. The molecule has 1 aliphatic carbocycles. The number of carbonyl (C=O) groups is 2. The third kappa shape index (κ3) is 4.63. The second-order valence-electron chi connectivity index (χ2n) is 10.8. The molecule has 0 spiro atoms. The van der Waals surface area contributed by atoms with E-state index in [2.05, 4.69) is 30.5 Å². The second kappa shape index (κ2) is 9.98. The number of carbonyl (C=O) groups excluding carboxylic acids is 2. The van der Waals surface area contributed by atoms with Gasteiger partial charge in [0.25, 0.3) is 0 Å². The van der Waals surface area contributed by atoms with Gasteiger partial charge in [-0.25, -0.2) is 8.42 Å². The lowest BCUT2D eigenvalue weighted by atomic mass is 9.82. The highest BCUT2D eigenvalue weighted by molar-refractivity contribution is 7.85. The fraction of sp³-hybridized carbons (Fsp3) is 0.212. The molecule has 7 nitrogen and oxygen atoms in total. The minimum atomic E-state index is -4.74. The average molecular weight is 568 g/mol. The first kappa shape index (κ1) is 28.3. The monoisotopic (exact) mass is 567 g/mol. The third-order valence-corrected chi connectivity index (χ3v) is 9.23. The Morgan fingerprint density at radius 2 is 1.05 bits per heavy atom. The number of aryl methyl sites for hydroxylation is 4. The number of rotatable bonds is 5. The number of anilines is 4. The van der Waals surface area contributed by atoms with Gasteiger partial charge in [-0.1, -0.05) is 36.4 Å². The molecule has 8 heteroatoms. The molecule has 0 saturated carbocycles. The van der Waals surface area contributed by atoms with Crippen LogP contribution in [0.1, 0.15) is 70.8 Å². The van der Waals surface area contributed by atoms with Crippen LogP contribution in [0.2, 0.25) is 0 Å². The molecule has 0 unspecified atom stereocenters. The van der Waals surface area contributed by atoms with E-state index in [0.29, 0.717) is 33.8 Å². The first-order valence-corrected chi connectivity index (χ1v) is 14.7. The van der Waals surface area contributed by atoms with E-state index in [1.807, 2.05) is 13.8 Å². The van der Waals surface area contributed by atoms with Crippen molar-refractivity contribution in [3.8, 4) is 0 Å². The van der Waals surface area contributed by atoms with Crippen LogP contribution in [0.4, 0.5) is 22.7 Å². The van der Waals surface area contributed by atoms with Crippen molar-refractivity contribution in [1.82, 2.24) is 0 Å². The van der Waals surface area contributed by atoms with Gasteiger partial charge in [0.05, 0.1) is 27.4 Å². The summed E-state index contributed by atoms with van der Waals surface area (Å²) in [5.41, 5.74) is 8.90. The van der Waals surface area contributed by atoms with Crippen molar-refractivity contribution in [3.63, 3.8) is 0 Å². The van der Waals surface area contributed by atoms with E-state index in [1.54, 1.807) is 63.2 Å². The van der Waals surface area contributed by atoms with Gasteiger partial charge < -0.3 is 15.2 Å². The predicted octanol–water partition coefficient (Wildman–Crippen LogP) is 7.01. The summed E-state index contributed by atoms with van der Waals surface area (Å²) in [5.74, 6) is -0.616. The molecular formula is C33H31N2O5S-. The summed E-state index contributed by atoms with van der Waals surface area (Å²) in [6.07, 6.45) is 0. The Labute approximate surface area is 240 Å². The Morgan fingerprint density at radius 3 is 1.54 bits per heavy atom. The summed E-state index contributed by atoms with van der Waals surface area (Å²) in [7, 11) is -4.74. The maximum atomic E-state index is 14.2. The summed E-state index contributed by atoms with van der Waals surface area (Å²) >= 11 is 0. The lowest BCUT2D eigenvalue weighted by Crippen LogP contribution is -2.23. The van der Waals surface area contributed by atoms with E-state index in [-0.39, 0.29) is 38.7 Å².